The Morgan fingerprint density at radius 3 is 2.67 bits per heavy atom. The molecule has 0 bridgehead atoms. The monoisotopic (exact) mass is 306 g/mol. The predicted octanol–water partition coefficient (Wildman–Crippen LogP) is 2.58. The van der Waals surface area contributed by atoms with Crippen LogP contribution in [-0.4, -0.2) is 46.9 Å². The van der Waals surface area contributed by atoms with Gasteiger partial charge in [-0.05, 0) is 32.1 Å². The summed E-state index contributed by atoms with van der Waals surface area (Å²) >= 11 is 0. The molecule has 0 aromatic carbocycles. The van der Waals surface area contributed by atoms with E-state index in [1.807, 2.05) is 6.08 Å². The van der Waals surface area contributed by atoms with Crippen LogP contribution in [0.3, 0.4) is 0 Å². The highest BCUT2D eigenvalue weighted by atomic mass is 19.4. The normalized spacial score (nSPS) is 30.9. The molecule has 1 aliphatic carbocycles. The molecule has 1 aliphatic heterocycles. The number of halogens is 3. The second-order valence-corrected chi connectivity index (χ2v) is 5.80. The summed E-state index contributed by atoms with van der Waals surface area (Å²) in [6, 6.07) is -0.283. The molecule has 2 unspecified atom stereocenters. The minimum atomic E-state index is -4.65. The van der Waals surface area contributed by atoms with Crippen LogP contribution in [0.4, 0.5) is 18.0 Å². The maximum atomic E-state index is 12.8. The minimum Gasteiger partial charge on any atom is -0.380 e. The Bertz CT molecular complexity index is 412. The van der Waals surface area contributed by atoms with Gasteiger partial charge >= 0.3 is 12.2 Å². The summed E-state index contributed by atoms with van der Waals surface area (Å²) in [6.45, 7) is 0.164. The van der Waals surface area contributed by atoms with E-state index in [9.17, 15) is 23.1 Å². The van der Waals surface area contributed by atoms with E-state index in [0.717, 1.165) is 19.3 Å². The van der Waals surface area contributed by atoms with Gasteiger partial charge < -0.3 is 15.3 Å². The van der Waals surface area contributed by atoms with Gasteiger partial charge in [-0.25, -0.2) is 4.79 Å². The molecule has 0 radical (unpaired) electrons. The van der Waals surface area contributed by atoms with Crippen LogP contribution >= 0.6 is 0 Å². The van der Waals surface area contributed by atoms with Crippen molar-refractivity contribution in [3.8, 4) is 0 Å². The van der Waals surface area contributed by atoms with Crippen molar-refractivity contribution in [3.05, 3.63) is 12.2 Å². The number of hydrogen-bond donors (Lipinski definition) is 2. The lowest BCUT2D eigenvalue weighted by atomic mass is 9.94. The molecular weight excluding hydrogens is 285 g/mol. The number of alkyl halides is 3. The zero-order chi connectivity index (χ0) is 15.5. The lowest BCUT2D eigenvalue weighted by molar-refractivity contribution is -0.263. The average molecular weight is 306 g/mol. The van der Waals surface area contributed by atoms with Crippen molar-refractivity contribution in [1.82, 2.24) is 10.2 Å². The number of carbonyl (C=O) groups excluding carboxylic acids is 1. The Balaban J connectivity index is 1.90. The fraction of sp³-hybridized carbons (Fsp3) is 0.786. The summed E-state index contributed by atoms with van der Waals surface area (Å²) in [5.74, 6) is 0. The maximum Gasteiger partial charge on any atom is 0.417 e. The van der Waals surface area contributed by atoms with Crippen LogP contribution in [0.15, 0.2) is 12.2 Å². The smallest absolute Gasteiger partial charge is 0.380 e. The lowest BCUT2D eigenvalue weighted by Gasteiger charge is -2.29. The zero-order valence-corrected chi connectivity index (χ0v) is 11.8. The van der Waals surface area contributed by atoms with Crippen LogP contribution in [0.25, 0.3) is 0 Å². The van der Waals surface area contributed by atoms with Gasteiger partial charge in [0.2, 0.25) is 0 Å². The van der Waals surface area contributed by atoms with Gasteiger partial charge in [-0.15, -0.1) is 0 Å². The highest BCUT2D eigenvalue weighted by molar-refractivity contribution is 5.74. The van der Waals surface area contributed by atoms with Gasteiger partial charge in [-0.2, -0.15) is 13.2 Å². The Morgan fingerprint density at radius 1 is 1.29 bits per heavy atom. The van der Waals surface area contributed by atoms with E-state index >= 15 is 0 Å². The molecule has 4 nitrogen and oxygen atoms in total. The summed E-state index contributed by atoms with van der Waals surface area (Å²) in [5.41, 5.74) is -2.67. The molecule has 2 N–H and O–H groups in total. The summed E-state index contributed by atoms with van der Waals surface area (Å²) in [4.78, 5) is 13.5. The first-order chi connectivity index (χ1) is 9.82. The molecule has 1 saturated heterocycles. The molecule has 2 rings (SSSR count). The van der Waals surface area contributed by atoms with Gasteiger partial charge in [0.1, 0.15) is 0 Å². The van der Waals surface area contributed by atoms with Gasteiger partial charge in [0, 0.05) is 25.6 Å². The Hall–Kier alpha value is -1.24. The third kappa shape index (κ3) is 3.90. The zero-order valence-electron chi connectivity index (χ0n) is 11.8. The van der Waals surface area contributed by atoms with Crippen molar-refractivity contribution in [3.63, 3.8) is 0 Å². The first-order valence-electron chi connectivity index (χ1n) is 7.31. The SMILES string of the molecule is O=C(NC1CC=CCC1)N1CCCC(O)(C(F)(F)F)CC1. The molecule has 120 valence electrons. The molecule has 0 aromatic rings. The van der Waals surface area contributed by atoms with E-state index in [2.05, 4.69) is 11.4 Å². The van der Waals surface area contributed by atoms with E-state index in [-0.39, 0.29) is 38.0 Å². The van der Waals surface area contributed by atoms with E-state index in [0.29, 0.717) is 0 Å². The molecule has 21 heavy (non-hydrogen) atoms. The quantitative estimate of drug-likeness (QED) is 0.732. The van der Waals surface area contributed by atoms with Crippen LogP contribution < -0.4 is 5.32 Å². The van der Waals surface area contributed by atoms with Crippen LogP contribution in [-0.2, 0) is 0 Å². The van der Waals surface area contributed by atoms with Crippen molar-refractivity contribution >= 4 is 6.03 Å². The molecule has 2 atom stereocenters. The van der Waals surface area contributed by atoms with Crippen LogP contribution in [0, 0.1) is 0 Å². The number of nitrogens with zero attached hydrogens (tertiary/aromatic N) is 1. The number of aliphatic hydroxyl groups is 1. The fourth-order valence-electron chi connectivity index (χ4n) is 2.80. The molecule has 1 heterocycles. The average Bonchev–Trinajstić information content (AvgIpc) is 2.62. The molecule has 2 aliphatic rings. The Kier molecular flexibility index (Phi) is 4.81. The third-order valence-corrected chi connectivity index (χ3v) is 4.23. The topological polar surface area (TPSA) is 52.6 Å². The van der Waals surface area contributed by atoms with E-state index in [1.165, 1.54) is 4.90 Å². The standard InChI is InChI=1S/C14H21F3N2O2/c15-14(16,17)13(21)7-4-9-19(10-8-13)12(20)18-11-5-2-1-3-6-11/h1-2,11,21H,3-10H2,(H,18,20). The molecule has 0 saturated carbocycles. The Labute approximate surface area is 122 Å². The number of rotatable bonds is 1. The Morgan fingerprint density at radius 2 is 2.05 bits per heavy atom. The number of urea groups is 1. The molecule has 0 aromatic heterocycles. The van der Waals surface area contributed by atoms with Gasteiger partial charge in [0.05, 0.1) is 0 Å². The first kappa shape index (κ1) is 16.1. The highest BCUT2D eigenvalue weighted by Crippen LogP contribution is 2.38. The van der Waals surface area contributed by atoms with Crippen LogP contribution in [0.5, 0.6) is 0 Å². The summed E-state index contributed by atoms with van der Waals surface area (Å²) < 4.78 is 38.5. The number of likely N-dealkylation sites (tertiary alicyclic amines) is 1. The van der Waals surface area contributed by atoms with Gasteiger partial charge in [-0.3, -0.25) is 0 Å². The molecule has 2 amide bonds. The second-order valence-electron chi connectivity index (χ2n) is 5.80. The number of amides is 2. The number of carbonyl (C=O) groups is 1. The lowest BCUT2D eigenvalue weighted by Crippen LogP contribution is -2.48. The van der Waals surface area contributed by atoms with E-state index < -0.39 is 18.2 Å². The number of hydrogen-bond acceptors (Lipinski definition) is 2. The number of nitrogens with one attached hydrogen (secondary N) is 1. The van der Waals surface area contributed by atoms with Crippen molar-refractivity contribution in [2.75, 3.05) is 13.1 Å². The third-order valence-electron chi connectivity index (χ3n) is 4.23. The summed E-state index contributed by atoms with van der Waals surface area (Å²) in [7, 11) is 0. The molecular formula is C14H21F3N2O2. The number of allylic oxidation sites excluding steroid dienone is 1. The van der Waals surface area contributed by atoms with Gasteiger partial charge in [0.15, 0.2) is 5.60 Å². The highest BCUT2D eigenvalue weighted by Gasteiger charge is 2.53. The van der Waals surface area contributed by atoms with E-state index in [1.54, 1.807) is 0 Å². The summed E-state index contributed by atoms with van der Waals surface area (Å²) in [5, 5.41) is 12.6. The summed E-state index contributed by atoms with van der Waals surface area (Å²) in [6.07, 6.45) is 1.24. The molecule has 1 fully saturated rings. The van der Waals surface area contributed by atoms with Crippen LogP contribution in [0.2, 0.25) is 0 Å². The van der Waals surface area contributed by atoms with Crippen molar-refractivity contribution < 1.29 is 23.1 Å². The van der Waals surface area contributed by atoms with Crippen molar-refractivity contribution in [2.24, 2.45) is 0 Å². The van der Waals surface area contributed by atoms with E-state index in [4.69, 9.17) is 0 Å². The predicted molar refractivity (Wildman–Crippen MR) is 71.7 cm³/mol. The fourth-order valence-corrected chi connectivity index (χ4v) is 2.80. The van der Waals surface area contributed by atoms with Gasteiger partial charge in [-0.1, -0.05) is 12.2 Å². The molecule has 0 spiro atoms. The van der Waals surface area contributed by atoms with Crippen molar-refractivity contribution in [1.29, 1.82) is 0 Å². The largest absolute Gasteiger partial charge is 0.417 e. The minimum absolute atomic E-state index is 0.0484. The second kappa shape index (κ2) is 6.25. The first-order valence-corrected chi connectivity index (χ1v) is 7.31. The maximum absolute atomic E-state index is 12.8. The van der Waals surface area contributed by atoms with Crippen molar-refractivity contribution in [2.45, 2.75) is 56.3 Å². The molecule has 7 heteroatoms. The van der Waals surface area contributed by atoms with Crippen LogP contribution in [0.1, 0.15) is 38.5 Å². The van der Waals surface area contributed by atoms with Gasteiger partial charge in [0.25, 0.3) is 0 Å².